The molecule has 0 aliphatic carbocycles. The zero-order valence-corrected chi connectivity index (χ0v) is 21.5. The summed E-state index contributed by atoms with van der Waals surface area (Å²) in [7, 11) is 1.50. The maximum atomic E-state index is 5.69. The van der Waals surface area contributed by atoms with Crippen LogP contribution >= 0.6 is 11.6 Å². The van der Waals surface area contributed by atoms with E-state index in [0.717, 1.165) is 12.4 Å². The van der Waals surface area contributed by atoms with Gasteiger partial charge in [0.1, 0.15) is 0 Å². The van der Waals surface area contributed by atoms with Gasteiger partial charge in [0.2, 0.25) is 0 Å². The fourth-order valence-corrected chi connectivity index (χ4v) is 3.79. The van der Waals surface area contributed by atoms with Crippen LogP contribution in [0.15, 0.2) is 18.9 Å². The number of nitrogens with two attached hydrogens (primary N) is 2. The van der Waals surface area contributed by atoms with Crippen LogP contribution in [-0.4, -0.2) is 19.5 Å². The highest BCUT2D eigenvalue weighted by Gasteiger charge is 1.95. The highest BCUT2D eigenvalue weighted by molar-refractivity contribution is 6.17. The number of hydrogen-bond acceptors (Lipinski definition) is 2. The number of halogens is 1. The Morgan fingerprint density at radius 2 is 0.633 bits per heavy atom. The van der Waals surface area contributed by atoms with Crippen LogP contribution in [0.4, 0.5) is 0 Å². The Morgan fingerprint density at radius 1 is 0.467 bits per heavy atom. The third-order valence-corrected chi connectivity index (χ3v) is 5.61. The van der Waals surface area contributed by atoms with Gasteiger partial charge in [0.25, 0.3) is 0 Å². The molecule has 0 aromatic heterocycles. The average molecular weight is 445 g/mol. The summed E-state index contributed by atoms with van der Waals surface area (Å²) in [5.74, 6) is 0.843. The Kier molecular flexibility index (Phi) is 44.9. The molecule has 0 saturated carbocycles. The summed E-state index contributed by atoms with van der Waals surface area (Å²) >= 11 is 5.69. The smallest absolute Gasteiger partial charge is 0.0223 e. The molecule has 0 spiro atoms. The van der Waals surface area contributed by atoms with E-state index >= 15 is 0 Å². The van der Waals surface area contributed by atoms with Crippen molar-refractivity contribution in [3.05, 3.63) is 18.9 Å². The van der Waals surface area contributed by atoms with Crippen molar-refractivity contribution in [1.82, 2.24) is 0 Å². The Labute approximate surface area is 196 Å². The van der Waals surface area contributed by atoms with Gasteiger partial charge in [-0.05, 0) is 26.4 Å². The molecule has 30 heavy (non-hydrogen) atoms. The predicted octanol–water partition coefficient (Wildman–Crippen LogP) is 8.91. The zero-order chi connectivity index (χ0) is 23.0. The van der Waals surface area contributed by atoms with Crippen LogP contribution in [-0.2, 0) is 0 Å². The van der Waals surface area contributed by atoms with Gasteiger partial charge in [-0.15, -0.1) is 17.3 Å². The van der Waals surface area contributed by atoms with Gasteiger partial charge in [-0.25, -0.2) is 0 Å². The van der Waals surface area contributed by atoms with E-state index in [9.17, 15) is 0 Å². The Bertz CT molecular complexity index is 267. The van der Waals surface area contributed by atoms with Gasteiger partial charge in [-0.1, -0.05) is 135 Å². The van der Waals surface area contributed by atoms with E-state index in [1.807, 2.05) is 0 Å². The molecule has 4 N–H and O–H groups in total. The Morgan fingerprint density at radius 3 is 0.800 bits per heavy atom. The summed E-state index contributed by atoms with van der Waals surface area (Å²) in [6.07, 6.45) is 29.7. The van der Waals surface area contributed by atoms with Crippen LogP contribution in [0, 0.1) is 0 Å². The fraction of sp³-hybridized carbons (Fsp3) is 0.889. The molecule has 0 radical (unpaired) electrons. The van der Waals surface area contributed by atoms with E-state index in [2.05, 4.69) is 24.6 Å². The molecule has 3 heteroatoms. The molecule has 0 bridgehead atoms. The van der Waals surface area contributed by atoms with Crippen molar-refractivity contribution in [3.63, 3.8) is 0 Å². The minimum absolute atomic E-state index is 0.843. The predicted molar refractivity (Wildman–Crippen MR) is 142 cm³/mol. The van der Waals surface area contributed by atoms with Crippen molar-refractivity contribution in [1.29, 1.82) is 0 Å². The summed E-state index contributed by atoms with van der Waals surface area (Å²) in [6, 6.07) is 0. The minimum atomic E-state index is 0.843. The normalized spacial score (nSPS) is 9.87. The van der Waals surface area contributed by atoms with E-state index in [1.54, 1.807) is 0 Å². The van der Waals surface area contributed by atoms with Crippen molar-refractivity contribution >= 4 is 11.6 Å². The van der Waals surface area contributed by atoms with Gasteiger partial charge in [0.15, 0.2) is 0 Å². The molecule has 2 nitrogen and oxygen atoms in total. The van der Waals surface area contributed by atoms with Gasteiger partial charge < -0.3 is 11.5 Å². The number of rotatable bonds is 22. The number of unbranched alkanes of at least 4 members (excludes halogenated alkanes) is 20. The summed E-state index contributed by atoms with van der Waals surface area (Å²) < 4.78 is 0. The standard InChI is InChI=1S/C23H48ClN.C3H4.CH5N/c24-22-20-18-16-14-12-10-8-6-4-2-1-3-5-7-9-11-13-15-17-19-21-23-25;1-3-2;1-2/h1-23,25H2;1-2H2;2H2,1H3. The van der Waals surface area contributed by atoms with Gasteiger partial charge in [0, 0.05) is 5.88 Å². The van der Waals surface area contributed by atoms with Crippen LogP contribution in [0.25, 0.3) is 0 Å². The maximum absolute atomic E-state index is 5.69. The van der Waals surface area contributed by atoms with E-state index in [0.29, 0.717) is 0 Å². The molecular weight excluding hydrogens is 388 g/mol. The third-order valence-electron chi connectivity index (χ3n) is 5.34. The molecule has 0 unspecified atom stereocenters. The van der Waals surface area contributed by atoms with Crippen molar-refractivity contribution in [2.24, 2.45) is 11.5 Å². The zero-order valence-electron chi connectivity index (χ0n) is 20.7. The van der Waals surface area contributed by atoms with E-state index in [1.165, 1.54) is 142 Å². The highest BCUT2D eigenvalue weighted by atomic mass is 35.5. The molecule has 0 aliphatic heterocycles. The lowest BCUT2D eigenvalue weighted by atomic mass is 10.0. The third kappa shape index (κ3) is 42.0. The first-order valence-electron chi connectivity index (χ1n) is 13.0. The summed E-state index contributed by atoms with van der Waals surface area (Å²) in [4.78, 5) is 0. The minimum Gasteiger partial charge on any atom is -0.333 e. The summed E-state index contributed by atoms with van der Waals surface area (Å²) in [6.45, 7) is 7.12. The number of alkyl halides is 1. The van der Waals surface area contributed by atoms with Crippen LogP contribution in [0.5, 0.6) is 0 Å². The molecule has 0 heterocycles. The largest absolute Gasteiger partial charge is 0.333 e. The van der Waals surface area contributed by atoms with Gasteiger partial charge in [-0.3, -0.25) is 0 Å². The molecular formula is C27H57ClN2. The monoisotopic (exact) mass is 444 g/mol. The topological polar surface area (TPSA) is 52.0 Å². The van der Waals surface area contributed by atoms with Gasteiger partial charge in [-0.2, -0.15) is 0 Å². The average Bonchev–Trinajstić information content (AvgIpc) is 2.77. The first-order valence-corrected chi connectivity index (χ1v) is 13.5. The van der Waals surface area contributed by atoms with E-state index in [-0.39, 0.29) is 0 Å². The first kappa shape index (κ1) is 34.3. The van der Waals surface area contributed by atoms with Crippen LogP contribution < -0.4 is 11.5 Å². The van der Waals surface area contributed by atoms with Crippen molar-refractivity contribution in [2.45, 2.75) is 135 Å². The lowest BCUT2D eigenvalue weighted by Crippen LogP contribution is -1.97. The van der Waals surface area contributed by atoms with Crippen LogP contribution in [0.1, 0.15) is 135 Å². The Balaban J connectivity index is -0.00000133. The molecule has 0 aliphatic rings. The van der Waals surface area contributed by atoms with Crippen molar-refractivity contribution < 1.29 is 0 Å². The molecule has 0 aromatic carbocycles. The maximum Gasteiger partial charge on any atom is 0.0223 e. The molecule has 0 rings (SSSR count). The van der Waals surface area contributed by atoms with Gasteiger partial charge >= 0.3 is 0 Å². The van der Waals surface area contributed by atoms with Crippen molar-refractivity contribution in [3.8, 4) is 0 Å². The van der Waals surface area contributed by atoms with Crippen molar-refractivity contribution in [2.75, 3.05) is 19.5 Å². The number of hydrogen-bond donors (Lipinski definition) is 2. The van der Waals surface area contributed by atoms with Crippen LogP contribution in [0.2, 0.25) is 0 Å². The molecule has 0 atom stereocenters. The first-order chi connectivity index (χ1) is 14.8. The van der Waals surface area contributed by atoms with E-state index in [4.69, 9.17) is 17.3 Å². The SMILES string of the molecule is C=C=C.CN.NCCCCCCCCCCCCCCCCCCCCCCCCl. The Hall–Kier alpha value is -0.270. The summed E-state index contributed by atoms with van der Waals surface area (Å²) in [5.41, 5.74) is 12.3. The lowest BCUT2D eigenvalue weighted by Gasteiger charge is -2.04. The van der Waals surface area contributed by atoms with E-state index < -0.39 is 0 Å². The van der Waals surface area contributed by atoms with Crippen LogP contribution in [0.3, 0.4) is 0 Å². The highest BCUT2D eigenvalue weighted by Crippen LogP contribution is 2.15. The molecule has 0 amide bonds. The molecule has 0 saturated heterocycles. The molecule has 0 fully saturated rings. The summed E-state index contributed by atoms with van der Waals surface area (Å²) in [5, 5.41) is 0. The fourth-order valence-electron chi connectivity index (χ4n) is 3.60. The second-order valence-corrected chi connectivity index (χ2v) is 8.53. The molecule has 0 aromatic rings. The second-order valence-electron chi connectivity index (χ2n) is 8.15. The quantitative estimate of drug-likeness (QED) is 0.0993. The lowest BCUT2D eigenvalue weighted by molar-refractivity contribution is 0.521. The van der Waals surface area contributed by atoms with Gasteiger partial charge in [0.05, 0.1) is 0 Å². The second kappa shape index (κ2) is 39.2. The molecule has 182 valence electrons.